The van der Waals surface area contributed by atoms with E-state index in [1.807, 2.05) is 0 Å². The molecule has 1 aromatic rings. The summed E-state index contributed by atoms with van der Waals surface area (Å²) < 4.78 is 27.9. The van der Waals surface area contributed by atoms with E-state index in [9.17, 15) is 13.2 Å². The third-order valence-electron chi connectivity index (χ3n) is 3.93. The molecule has 5 nitrogen and oxygen atoms in total. The molecule has 0 saturated heterocycles. The molecule has 0 aromatic carbocycles. The lowest BCUT2D eigenvalue weighted by atomic mass is 10.1. The van der Waals surface area contributed by atoms with Gasteiger partial charge in [0.2, 0.25) is 10.0 Å². The zero-order chi connectivity index (χ0) is 14.5. The van der Waals surface area contributed by atoms with Crippen molar-refractivity contribution in [3.63, 3.8) is 0 Å². The molecule has 0 amide bonds. The van der Waals surface area contributed by atoms with Crippen LogP contribution in [0.3, 0.4) is 0 Å². The van der Waals surface area contributed by atoms with Gasteiger partial charge in [0, 0.05) is 6.04 Å². The molecule has 0 atom stereocenters. The van der Waals surface area contributed by atoms with Crippen LogP contribution < -0.4 is 4.72 Å². The Morgan fingerprint density at radius 1 is 1.35 bits per heavy atom. The molecule has 1 heterocycles. The number of sulfonamides is 1. The molecule has 7 heteroatoms. The van der Waals surface area contributed by atoms with E-state index in [-0.39, 0.29) is 15.8 Å². The lowest BCUT2D eigenvalue weighted by Crippen LogP contribution is -2.38. The zero-order valence-electron chi connectivity index (χ0n) is 11.1. The van der Waals surface area contributed by atoms with E-state index in [0.717, 1.165) is 37.0 Å². The second-order valence-corrected chi connectivity index (χ2v) is 8.23. The van der Waals surface area contributed by atoms with Crippen LogP contribution in [0.15, 0.2) is 10.3 Å². The molecule has 2 aliphatic carbocycles. The Kier molecular flexibility index (Phi) is 3.38. The quantitative estimate of drug-likeness (QED) is 0.843. The van der Waals surface area contributed by atoms with Gasteiger partial charge in [-0.3, -0.25) is 0 Å². The maximum absolute atomic E-state index is 12.5. The average Bonchev–Trinajstić information content (AvgIpc) is 3.23. The Balaban J connectivity index is 1.91. The zero-order valence-corrected chi connectivity index (χ0v) is 12.8. The fourth-order valence-corrected chi connectivity index (χ4v) is 5.65. The second-order valence-electron chi connectivity index (χ2n) is 5.70. The minimum absolute atomic E-state index is 0.0130. The van der Waals surface area contributed by atoms with Crippen LogP contribution in [-0.2, 0) is 10.0 Å². The summed E-state index contributed by atoms with van der Waals surface area (Å²) in [4.78, 5) is 11.0. The van der Waals surface area contributed by atoms with Crippen molar-refractivity contribution in [2.24, 2.45) is 11.8 Å². The van der Waals surface area contributed by atoms with Crippen LogP contribution in [0.4, 0.5) is 0 Å². The highest BCUT2D eigenvalue weighted by Crippen LogP contribution is 2.45. The first-order chi connectivity index (χ1) is 9.40. The number of aryl methyl sites for hydroxylation is 1. The van der Waals surface area contributed by atoms with Crippen molar-refractivity contribution in [3.8, 4) is 0 Å². The highest BCUT2D eigenvalue weighted by molar-refractivity contribution is 7.89. The fourth-order valence-electron chi connectivity index (χ4n) is 2.64. The number of thiophene rings is 1. The topological polar surface area (TPSA) is 83.5 Å². The number of rotatable bonds is 6. The third kappa shape index (κ3) is 2.62. The van der Waals surface area contributed by atoms with Crippen LogP contribution in [0.1, 0.15) is 40.9 Å². The first-order valence-corrected chi connectivity index (χ1v) is 9.10. The van der Waals surface area contributed by atoms with Gasteiger partial charge in [-0.25, -0.2) is 17.9 Å². The molecule has 0 bridgehead atoms. The van der Waals surface area contributed by atoms with Crippen LogP contribution in [-0.4, -0.2) is 25.5 Å². The predicted molar refractivity (Wildman–Crippen MR) is 75.6 cm³/mol. The largest absolute Gasteiger partial charge is 0.477 e. The van der Waals surface area contributed by atoms with Crippen molar-refractivity contribution in [2.75, 3.05) is 0 Å². The van der Waals surface area contributed by atoms with E-state index in [0.29, 0.717) is 17.4 Å². The summed E-state index contributed by atoms with van der Waals surface area (Å²) in [5.41, 5.74) is 0.505. The van der Waals surface area contributed by atoms with Gasteiger partial charge in [0.05, 0.1) is 0 Å². The molecule has 0 aliphatic heterocycles. The van der Waals surface area contributed by atoms with E-state index in [1.54, 1.807) is 12.3 Å². The molecule has 2 N–H and O–H groups in total. The van der Waals surface area contributed by atoms with Gasteiger partial charge in [0.25, 0.3) is 0 Å². The molecule has 3 rings (SSSR count). The van der Waals surface area contributed by atoms with E-state index >= 15 is 0 Å². The maximum atomic E-state index is 12.5. The van der Waals surface area contributed by atoms with Crippen molar-refractivity contribution in [1.29, 1.82) is 0 Å². The van der Waals surface area contributed by atoms with Gasteiger partial charge in [-0.15, -0.1) is 11.3 Å². The summed E-state index contributed by atoms with van der Waals surface area (Å²) in [7, 11) is -3.75. The Bertz CT molecular complexity index is 629. The molecule has 110 valence electrons. The minimum Gasteiger partial charge on any atom is -0.477 e. The number of carboxylic acids is 1. The first-order valence-electron chi connectivity index (χ1n) is 6.74. The molecule has 0 radical (unpaired) electrons. The van der Waals surface area contributed by atoms with Crippen molar-refractivity contribution in [1.82, 2.24) is 4.72 Å². The SMILES string of the molecule is Cc1csc(C(=O)O)c1S(=O)(=O)NC(C1CC1)C1CC1. The summed E-state index contributed by atoms with van der Waals surface area (Å²) in [6.07, 6.45) is 4.27. The molecule has 1 aromatic heterocycles. The van der Waals surface area contributed by atoms with Gasteiger partial charge in [-0.2, -0.15) is 0 Å². The highest BCUT2D eigenvalue weighted by atomic mass is 32.2. The molecule has 0 spiro atoms. The number of hydrogen-bond donors (Lipinski definition) is 2. The summed E-state index contributed by atoms with van der Waals surface area (Å²) in [5.74, 6) is -0.313. The Morgan fingerprint density at radius 2 is 1.90 bits per heavy atom. The van der Waals surface area contributed by atoms with Crippen molar-refractivity contribution in [3.05, 3.63) is 15.8 Å². The van der Waals surface area contributed by atoms with Crippen LogP contribution in [0.2, 0.25) is 0 Å². The molecule has 20 heavy (non-hydrogen) atoms. The minimum atomic E-state index is -3.75. The van der Waals surface area contributed by atoms with Crippen LogP contribution in [0.25, 0.3) is 0 Å². The van der Waals surface area contributed by atoms with Crippen LogP contribution in [0, 0.1) is 18.8 Å². The smallest absolute Gasteiger partial charge is 0.347 e. The van der Waals surface area contributed by atoms with Gasteiger partial charge in [-0.05, 0) is 55.4 Å². The Morgan fingerprint density at radius 3 is 2.35 bits per heavy atom. The molecule has 0 unspecified atom stereocenters. The molecule has 2 saturated carbocycles. The van der Waals surface area contributed by atoms with E-state index in [4.69, 9.17) is 5.11 Å². The van der Waals surface area contributed by atoms with Gasteiger partial charge in [0.1, 0.15) is 9.77 Å². The molecule has 2 fully saturated rings. The Hall–Kier alpha value is -0.920. The van der Waals surface area contributed by atoms with Gasteiger partial charge in [0.15, 0.2) is 0 Å². The third-order valence-corrected chi connectivity index (χ3v) is 6.79. The maximum Gasteiger partial charge on any atom is 0.347 e. The van der Waals surface area contributed by atoms with E-state index in [1.165, 1.54) is 0 Å². The van der Waals surface area contributed by atoms with Gasteiger partial charge < -0.3 is 5.11 Å². The van der Waals surface area contributed by atoms with E-state index < -0.39 is 16.0 Å². The monoisotopic (exact) mass is 315 g/mol. The highest BCUT2D eigenvalue weighted by Gasteiger charge is 2.44. The molecular formula is C13H17NO4S2. The predicted octanol–water partition coefficient (Wildman–Crippen LogP) is 2.22. The number of carbonyl (C=O) groups is 1. The normalized spacial score (nSPS) is 19.5. The summed E-state index contributed by atoms with van der Waals surface area (Å²) in [6, 6.07) is -0.0130. The summed E-state index contributed by atoms with van der Waals surface area (Å²) in [6.45, 7) is 1.64. The van der Waals surface area contributed by atoms with Crippen molar-refractivity contribution >= 4 is 27.3 Å². The van der Waals surface area contributed by atoms with Crippen LogP contribution in [0.5, 0.6) is 0 Å². The number of carboxylic acid groups (broad SMARTS) is 1. The summed E-state index contributed by atoms with van der Waals surface area (Å²) in [5, 5.41) is 10.7. The number of hydrogen-bond acceptors (Lipinski definition) is 4. The number of nitrogens with one attached hydrogen (secondary N) is 1. The van der Waals surface area contributed by atoms with Gasteiger partial charge >= 0.3 is 5.97 Å². The van der Waals surface area contributed by atoms with Gasteiger partial charge in [-0.1, -0.05) is 0 Å². The molecular weight excluding hydrogens is 298 g/mol. The fraction of sp³-hybridized carbons (Fsp3) is 0.615. The first kappa shape index (κ1) is 14.0. The van der Waals surface area contributed by atoms with Crippen LogP contribution >= 0.6 is 11.3 Å². The second kappa shape index (κ2) is 4.82. The molecule has 2 aliphatic rings. The summed E-state index contributed by atoms with van der Waals surface area (Å²) >= 11 is 0.968. The Labute approximate surface area is 122 Å². The standard InChI is InChI=1S/C13H17NO4S2/c1-7-6-19-11(13(15)16)12(7)20(17,18)14-10(8-2-3-8)9-4-5-9/h6,8-10,14H,2-5H2,1H3,(H,15,16). The lowest BCUT2D eigenvalue weighted by molar-refractivity contribution is 0.0698. The van der Waals surface area contributed by atoms with E-state index in [2.05, 4.69) is 4.72 Å². The lowest BCUT2D eigenvalue weighted by Gasteiger charge is -2.18. The average molecular weight is 315 g/mol. The van der Waals surface area contributed by atoms with Crippen molar-refractivity contribution < 1.29 is 18.3 Å². The number of aromatic carboxylic acids is 1. The van der Waals surface area contributed by atoms with Crippen molar-refractivity contribution in [2.45, 2.75) is 43.5 Å².